The lowest BCUT2D eigenvalue weighted by atomic mass is 9.93. The Labute approximate surface area is 155 Å². The summed E-state index contributed by atoms with van der Waals surface area (Å²) in [6.45, 7) is 7.11. The van der Waals surface area contributed by atoms with Gasteiger partial charge in [-0.2, -0.15) is 0 Å². The minimum Gasteiger partial charge on any atom is -0.370 e. The Morgan fingerprint density at radius 1 is 1.32 bits per heavy atom. The molecular weight excluding hydrogens is 407 g/mol. The summed E-state index contributed by atoms with van der Waals surface area (Å²) in [5.41, 5.74) is 7.24. The van der Waals surface area contributed by atoms with Gasteiger partial charge in [0.15, 0.2) is 5.96 Å². The summed E-state index contributed by atoms with van der Waals surface area (Å²) in [4.78, 5) is 9.09. The molecule has 1 aliphatic carbocycles. The normalized spacial score (nSPS) is 17.7. The van der Waals surface area contributed by atoms with Gasteiger partial charge < -0.3 is 11.1 Å². The van der Waals surface area contributed by atoms with E-state index in [4.69, 9.17) is 5.73 Å². The lowest BCUT2D eigenvalue weighted by Crippen LogP contribution is -2.39. The maximum absolute atomic E-state index is 6.01. The summed E-state index contributed by atoms with van der Waals surface area (Å²) in [6.07, 6.45) is 7.72. The van der Waals surface area contributed by atoms with E-state index in [0.29, 0.717) is 18.5 Å². The van der Waals surface area contributed by atoms with Crippen molar-refractivity contribution in [3.8, 4) is 0 Å². The molecule has 1 aliphatic rings. The van der Waals surface area contributed by atoms with Crippen molar-refractivity contribution in [2.24, 2.45) is 10.7 Å². The second-order valence-electron chi connectivity index (χ2n) is 6.91. The highest BCUT2D eigenvalue weighted by Crippen LogP contribution is 2.24. The molecule has 6 heteroatoms. The maximum atomic E-state index is 6.01. The van der Waals surface area contributed by atoms with Gasteiger partial charge in [0.1, 0.15) is 5.01 Å². The first-order chi connectivity index (χ1) is 9.95. The van der Waals surface area contributed by atoms with E-state index >= 15 is 0 Å². The zero-order chi connectivity index (χ0) is 15.3. The monoisotopic (exact) mass is 436 g/mol. The van der Waals surface area contributed by atoms with Crippen LogP contribution < -0.4 is 11.1 Å². The smallest absolute Gasteiger partial charge is 0.189 e. The second-order valence-corrected chi connectivity index (χ2v) is 7.85. The highest BCUT2D eigenvalue weighted by molar-refractivity contribution is 14.0. The van der Waals surface area contributed by atoms with Gasteiger partial charge in [-0.1, -0.05) is 46.5 Å². The number of rotatable bonds is 3. The number of guanidine groups is 1. The first-order valence-corrected chi connectivity index (χ1v) is 8.84. The van der Waals surface area contributed by atoms with Gasteiger partial charge >= 0.3 is 0 Å². The van der Waals surface area contributed by atoms with E-state index in [2.05, 4.69) is 41.4 Å². The summed E-state index contributed by atoms with van der Waals surface area (Å²) in [7, 11) is 0. The number of nitrogens with one attached hydrogen (secondary N) is 1. The van der Waals surface area contributed by atoms with Crippen LogP contribution in [0, 0.1) is 0 Å². The van der Waals surface area contributed by atoms with E-state index in [1.807, 2.05) is 0 Å². The van der Waals surface area contributed by atoms with E-state index < -0.39 is 0 Å². The molecule has 2 rings (SSSR count). The van der Waals surface area contributed by atoms with E-state index in [1.54, 1.807) is 11.3 Å². The topological polar surface area (TPSA) is 63.3 Å². The van der Waals surface area contributed by atoms with Gasteiger partial charge in [-0.15, -0.1) is 35.3 Å². The Hall–Kier alpha value is -0.370. The highest BCUT2D eigenvalue weighted by atomic mass is 127. The van der Waals surface area contributed by atoms with E-state index in [1.165, 1.54) is 38.5 Å². The van der Waals surface area contributed by atoms with Crippen LogP contribution in [0.15, 0.2) is 10.4 Å². The van der Waals surface area contributed by atoms with Crippen molar-refractivity contribution in [1.29, 1.82) is 0 Å². The second kappa shape index (κ2) is 9.05. The average Bonchev–Trinajstić information content (AvgIpc) is 2.76. The molecule has 0 radical (unpaired) electrons. The summed E-state index contributed by atoms with van der Waals surface area (Å²) >= 11 is 1.67. The Kier molecular flexibility index (Phi) is 8.10. The third-order valence-electron chi connectivity index (χ3n) is 3.91. The Morgan fingerprint density at radius 2 is 1.95 bits per heavy atom. The molecule has 126 valence electrons. The Balaban J connectivity index is 0.00000242. The molecule has 1 aromatic rings. The van der Waals surface area contributed by atoms with Crippen molar-refractivity contribution in [1.82, 2.24) is 10.3 Å². The number of thiazole rings is 1. The van der Waals surface area contributed by atoms with Gasteiger partial charge in [-0.3, -0.25) is 0 Å². The van der Waals surface area contributed by atoms with Crippen molar-refractivity contribution in [2.75, 3.05) is 0 Å². The molecule has 0 amide bonds. The van der Waals surface area contributed by atoms with Crippen LogP contribution in [0.4, 0.5) is 0 Å². The molecule has 0 aromatic carbocycles. The van der Waals surface area contributed by atoms with Gasteiger partial charge in [-0.25, -0.2) is 9.98 Å². The molecule has 3 N–H and O–H groups in total. The summed E-state index contributed by atoms with van der Waals surface area (Å²) < 4.78 is 0. The molecule has 1 fully saturated rings. The van der Waals surface area contributed by atoms with Crippen LogP contribution in [0.2, 0.25) is 0 Å². The quantitative estimate of drug-likeness (QED) is 0.323. The fraction of sp³-hybridized carbons (Fsp3) is 0.750. The van der Waals surface area contributed by atoms with Gasteiger partial charge in [0.2, 0.25) is 0 Å². The SMILES string of the molecule is CC(C)(C)c1csc(CN=C(N)NC2CCCCCC2)n1.I. The standard InChI is InChI=1S/C16H28N4S.HI/c1-16(2,3)13-11-21-14(20-13)10-18-15(17)19-12-8-6-4-5-7-9-12;/h11-12H,4-10H2,1-3H3,(H3,17,18,19);1H. The largest absolute Gasteiger partial charge is 0.370 e. The van der Waals surface area contributed by atoms with Crippen LogP contribution >= 0.6 is 35.3 Å². The van der Waals surface area contributed by atoms with Crippen molar-refractivity contribution >= 4 is 41.3 Å². The van der Waals surface area contributed by atoms with Crippen molar-refractivity contribution in [3.05, 3.63) is 16.1 Å². The summed E-state index contributed by atoms with van der Waals surface area (Å²) in [5, 5.41) is 6.53. The van der Waals surface area contributed by atoms with Gasteiger partial charge in [0.05, 0.1) is 12.2 Å². The fourth-order valence-corrected chi connectivity index (χ4v) is 3.50. The number of aliphatic imine (C=N–C) groups is 1. The number of nitrogens with two attached hydrogens (primary N) is 1. The lowest BCUT2D eigenvalue weighted by molar-refractivity contribution is 0.530. The first kappa shape index (κ1) is 19.7. The third-order valence-corrected chi connectivity index (χ3v) is 4.75. The average molecular weight is 436 g/mol. The molecule has 0 unspecified atom stereocenters. The zero-order valence-corrected chi connectivity index (χ0v) is 17.0. The van der Waals surface area contributed by atoms with Crippen molar-refractivity contribution in [2.45, 2.75) is 77.3 Å². The fourth-order valence-electron chi connectivity index (χ4n) is 2.56. The molecule has 22 heavy (non-hydrogen) atoms. The minimum absolute atomic E-state index is 0. The van der Waals surface area contributed by atoms with Gasteiger partial charge in [0.25, 0.3) is 0 Å². The van der Waals surface area contributed by atoms with Crippen LogP contribution in [0.5, 0.6) is 0 Å². The number of nitrogens with zero attached hydrogens (tertiary/aromatic N) is 2. The maximum Gasteiger partial charge on any atom is 0.189 e. The van der Waals surface area contributed by atoms with E-state index in [9.17, 15) is 0 Å². The number of halogens is 1. The van der Waals surface area contributed by atoms with Crippen LogP contribution in [-0.4, -0.2) is 17.0 Å². The molecule has 0 bridgehead atoms. The third kappa shape index (κ3) is 6.40. The highest BCUT2D eigenvalue weighted by Gasteiger charge is 2.17. The molecule has 4 nitrogen and oxygen atoms in total. The number of aromatic nitrogens is 1. The van der Waals surface area contributed by atoms with Crippen molar-refractivity contribution in [3.63, 3.8) is 0 Å². The summed E-state index contributed by atoms with van der Waals surface area (Å²) in [5.74, 6) is 0.564. The van der Waals surface area contributed by atoms with Gasteiger partial charge in [0, 0.05) is 16.8 Å². The molecule has 0 spiro atoms. The van der Waals surface area contributed by atoms with Crippen LogP contribution in [-0.2, 0) is 12.0 Å². The number of hydrogen-bond donors (Lipinski definition) is 2. The van der Waals surface area contributed by atoms with Crippen molar-refractivity contribution < 1.29 is 0 Å². The molecule has 1 saturated carbocycles. The predicted molar refractivity (Wildman–Crippen MR) is 106 cm³/mol. The Morgan fingerprint density at radius 3 is 2.50 bits per heavy atom. The van der Waals surface area contributed by atoms with Gasteiger partial charge in [-0.05, 0) is 12.8 Å². The van der Waals surface area contributed by atoms with E-state index in [0.717, 1.165) is 10.7 Å². The van der Waals surface area contributed by atoms with E-state index in [-0.39, 0.29) is 29.4 Å². The number of hydrogen-bond acceptors (Lipinski definition) is 3. The Bertz CT molecular complexity index is 471. The lowest BCUT2D eigenvalue weighted by Gasteiger charge is -2.16. The van der Waals surface area contributed by atoms with Crippen LogP contribution in [0.1, 0.15) is 70.0 Å². The molecule has 0 aliphatic heterocycles. The molecular formula is C16H29IN4S. The zero-order valence-electron chi connectivity index (χ0n) is 13.9. The molecule has 1 heterocycles. The minimum atomic E-state index is 0. The molecule has 0 saturated heterocycles. The molecule has 0 atom stereocenters. The molecule has 1 aromatic heterocycles. The predicted octanol–water partition coefficient (Wildman–Crippen LogP) is 4.19. The summed E-state index contributed by atoms with van der Waals surface area (Å²) in [6, 6.07) is 0.498. The van der Waals surface area contributed by atoms with Crippen LogP contribution in [0.25, 0.3) is 0 Å². The van der Waals surface area contributed by atoms with Crippen LogP contribution in [0.3, 0.4) is 0 Å². The first-order valence-electron chi connectivity index (χ1n) is 7.96.